The number of rotatable bonds is 6. The van der Waals surface area contributed by atoms with Crippen molar-refractivity contribution < 1.29 is 18.0 Å². The van der Waals surface area contributed by atoms with E-state index < -0.39 is 15.9 Å². The van der Waals surface area contributed by atoms with Gasteiger partial charge in [-0.3, -0.25) is 9.59 Å². The Morgan fingerprint density at radius 3 is 2.57 bits per heavy atom. The van der Waals surface area contributed by atoms with Gasteiger partial charge in [-0.2, -0.15) is 0 Å². The molecule has 0 unspecified atom stereocenters. The Morgan fingerprint density at radius 2 is 1.86 bits per heavy atom. The topological polar surface area (TPSA) is 95.6 Å². The van der Waals surface area contributed by atoms with Gasteiger partial charge in [0.05, 0.1) is 16.3 Å². The largest absolute Gasteiger partial charge is 0.320 e. The van der Waals surface area contributed by atoms with Crippen LogP contribution < -0.4 is 14.9 Å². The highest BCUT2D eigenvalue weighted by Gasteiger charge is 2.28. The molecule has 7 nitrogen and oxygen atoms in total. The first-order valence-corrected chi connectivity index (χ1v) is 10.8. The first kappa shape index (κ1) is 18.6. The minimum Gasteiger partial charge on any atom is -0.320 e. The molecule has 1 aliphatic carbocycles. The third-order valence-corrected chi connectivity index (χ3v) is 6.34. The molecule has 146 valence electrons. The molecule has 1 aliphatic heterocycles. The molecule has 0 bridgehead atoms. The molecule has 2 amide bonds. The summed E-state index contributed by atoms with van der Waals surface area (Å²) in [7, 11) is -3.64. The highest BCUT2D eigenvalue weighted by atomic mass is 32.2. The summed E-state index contributed by atoms with van der Waals surface area (Å²) in [6.07, 6.45) is 2.96. The lowest BCUT2D eigenvalue weighted by Gasteiger charge is -2.20. The van der Waals surface area contributed by atoms with Gasteiger partial charge in [-0.1, -0.05) is 18.2 Å². The third-order valence-electron chi connectivity index (χ3n) is 4.82. The number of nitrogens with one attached hydrogen (secondary N) is 2. The number of anilines is 2. The maximum atomic E-state index is 12.7. The lowest BCUT2D eigenvalue weighted by Crippen LogP contribution is -2.26. The van der Waals surface area contributed by atoms with Crippen molar-refractivity contribution in [2.24, 2.45) is 0 Å². The zero-order chi connectivity index (χ0) is 19.7. The summed E-state index contributed by atoms with van der Waals surface area (Å²) in [6, 6.07) is 13.1. The Labute approximate surface area is 163 Å². The number of sulfonamides is 1. The average molecular weight is 399 g/mol. The number of benzene rings is 2. The van der Waals surface area contributed by atoms with Crippen LogP contribution >= 0.6 is 0 Å². The summed E-state index contributed by atoms with van der Waals surface area (Å²) in [5.74, 6) is -0.400. The van der Waals surface area contributed by atoms with Crippen molar-refractivity contribution in [1.29, 1.82) is 0 Å². The molecule has 2 aliphatic rings. The number of carbonyl (C=O) groups excluding carboxylic acids is 2. The van der Waals surface area contributed by atoms with Crippen LogP contribution in [-0.4, -0.2) is 32.8 Å². The second kappa shape index (κ2) is 7.37. The van der Waals surface area contributed by atoms with Gasteiger partial charge in [-0.05, 0) is 49.6 Å². The number of para-hydroxylation sites is 2. The standard InChI is InChI=1S/C20H21N3O4S/c24-19-9-4-12-23(19)18-8-2-1-7-17(18)21-20(25)14-5-3-6-16(13-14)28(26,27)22-15-10-11-15/h1-3,5-8,13,15,22H,4,9-12H2,(H,21,25). The monoisotopic (exact) mass is 399 g/mol. The van der Waals surface area contributed by atoms with Gasteiger partial charge in [0.15, 0.2) is 0 Å². The third kappa shape index (κ3) is 3.93. The summed E-state index contributed by atoms with van der Waals surface area (Å²) in [4.78, 5) is 26.5. The smallest absolute Gasteiger partial charge is 0.255 e. The van der Waals surface area contributed by atoms with Gasteiger partial charge < -0.3 is 10.2 Å². The maximum absolute atomic E-state index is 12.7. The van der Waals surface area contributed by atoms with Gasteiger partial charge in [-0.15, -0.1) is 0 Å². The lowest BCUT2D eigenvalue weighted by atomic mass is 10.2. The van der Waals surface area contributed by atoms with Gasteiger partial charge in [0.1, 0.15) is 0 Å². The molecule has 0 atom stereocenters. The summed E-state index contributed by atoms with van der Waals surface area (Å²) in [5.41, 5.74) is 1.41. The van der Waals surface area contributed by atoms with E-state index in [2.05, 4.69) is 10.0 Å². The van der Waals surface area contributed by atoms with Crippen LogP contribution in [0.15, 0.2) is 53.4 Å². The zero-order valence-electron chi connectivity index (χ0n) is 15.2. The number of hydrogen-bond acceptors (Lipinski definition) is 4. The van der Waals surface area contributed by atoms with Crippen LogP contribution in [0.2, 0.25) is 0 Å². The first-order valence-electron chi connectivity index (χ1n) is 9.27. The second-order valence-corrected chi connectivity index (χ2v) is 8.76. The molecule has 0 radical (unpaired) electrons. The van der Waals surface area contributed by atoms with Crippen LogP contribution in [0.3, 0.4) is 0 Å². The van der Waals surface area contributed by atoms with Crippen molar-refractivity contribution in [2.75, 3.05) is 16.8 Å². The zero-order valence-corrected chi connectivity index (χ0v) is 16.0. The highest BCUT2D eigenvalue weighted by Crippen LogP contribution is 2.30. The van der Waals surface area contributed by atoms with E-state index in [1.54, 1.807) is 35.2 Å². The van der Waals surface area contributed by atoms with Crippen LogP contribution in [0.1, 0.15) is 36.0 Å². The van der Waals surface area contributed by atoms with Crippen molar-refractivity contribution in [3.63, 3.8) is 0 Å². The Kier molecular flexibility index (Phi) is 4.91. The van der Waals surface area contributed by atoms with Gasteiger partial charge >= 0.3 is 0 Å². The fourth-order valence-electron chi connectivity index (χ4n) is 3.21. The molecule has 28 heavy (non-hydrogen) atoms. The summed E-state index contributed by atoms with van der Waals surface area (Å²) < 4.78 is 27.4. The van der Waals surface area contributed by atoms with E-state index in [0.29, 0.717) is 24.3 Å². The Morgan fingerprint density at radius 1 is 1.07 bits per heavy atom. The molecule has 1 heterocycles. The van der Waals surface area contributed by atoms with E-state index in [1.807, 2.05) is 6.07 Å². The quantitative estimate of drug-likeness (QED) is 0.780. The molecule has 1 saturated carbocycles. The minimum atomic E-state index is -3.64. The summed E-state index contributed by atoms with van der Waals surface area (Å²) >= 11 is 0. The highest BCUT2D eigenvalue weighted by molar-refractivity contribution is 7.89. The van der Waals surface area contributed by atoms with Gasteiger partial charge in [0, 0.05) is 24.6 Å². The maximum Gasteiger partial charge on any atom is 0.255 e. The second-order valence-electron chi connectivity index (χ2n) is 7.04. The SMILES string of the molecule is O=C(Nc1ccccc1N1CCCC1=O)c1cccc(S(=O)(=O)NC2CC2)c1. The van der Waals surface area contributed by atoms with Crippen LogP contribution in [0.25, 0.3) is 0 Å². The molecule has 2 aromatic rings. The molecule has 0 spiro atoms. The molecule has 8 heteroatoms. The molecule has 1 saturated heterocycles. The Hall–Kier alpha value is -2.71. The van der Waals surface area contributed by atoms with Crippen molar-refractivity contribution in [2.45, 2.75) is 36.6 Å². The van der Waals surface area contributed by atoms with Crippen molar-refractivity contribution in [1.82, 2.24) is 4.72 Å². The fourth-order valence-corrected chi connectivity index (χ4v) is 4.56. The normalized spacial score (nSPS) is 17.0. The van der Waals surface area contributed by atoms with Crippen molar-refractivity contribution in [3.8, 4) is 0 Å². The molecule has 4 rings (SSSR count). The first-order chi connectivity index (χ1) is 13.4. The minimum absolute atomic E-state index is 0.00708. The lowest BCUT2D eigenvalue weighted by molar-refractivity contribution is -0.117. The number of nitrogens with zero attached hydrogens (tertiary/aromatic N) is 1. The fraction of sp³-hybridized carbons (Fsp3) is 0.300. The number of carbonyl (C=O) groups is 2. The van der Waals surface area contributed by atoms with Crippen LogP contribution in [0.5, 0.6) is 0 Å². The van der Waals surface area contributed by atoms with Crippen LogP contribution in [-0.2, 0) is 14.8 Å². The van der Waals surface area contributed by atoms with Crippen LogP contribution in [0, 0.1) is 0 Å². The van der Waals surface area contributed by atoms with Gasteiger partial charge in [0.25, 0.3) is 5.91 Å². The molecular formula is C20H21N3O4S. The summed E-state index contributed by atoms with van der Waals surface area (Å²) in [6.45, 7) is 0.617. The van der Waals surface area contributed by atoms with E-state index in [-0.39, 0.29) is 22.4 Å². The molecule has 2 fully saturated rings. The van der Waals surface area contributed by atoms with E-state index in [9.17, 15) is 18.0 Å². The molecule has 2 N–H and O–H groups in total. The van der Waals surface area contributed by atoms with E-state index in [0.717, 1.165) is 19.3 Å². The van der Waals surface area contributed by atoms with Gasteiger partial charge in [0.2, 0.25) is 15.9 Å². The van der Waals surface area contributed by atoms with Crippen molar-refractivity contribution in [3.05, 3.63) is 54.1 Å². The molecular weight excluding hydrogens is 378 g/mol. The number of amides is 2. The number of hydrogen-bond donors (Lipinski definition) is 2. The molecule has 2 aromatic carbocycles. The van der Waals surface area contributed by atoms with Crippen LogP contribution in [0.4, 0.5) is 11.4 Å². The summed E-state index contributed by atoms with van der Waals surface area (Å²) in [5, 5.41) is 2.81. The Bertz CT molecular complexity index is 1030. The predicted octanol–water partition coefficient (Wildman–Crippen LogP) is 2.51. The predicted molar refractivity (Wildman–Crippen MR) is 106 cm³/mol. The van der Waals surface area contributed by atoms with Crippen molar-refractivity contribution >= 4 is 33.2 Å². The van der Waals surface area contributed by atoms with E-state index in [1.165, 1.54) is 12.1 Å². The van der Waals surface area contributed by atoms with Gasteiger partial charge in [-0.25, -0.2) is 13.1 Å². The van der Waals surface area contributed by atoms with E-state index in [4.69, 9.17) is 0 Å². The van der Waals surface area contributed by atoms with E-state index >= 15 is 0 Å². The average Bonchev–Trinajstić information content (AvgIpc) is 3.39. The molecule has 0 aromatic heterocycles. The Balaban J connectivity index is 1.56.